The monoisotopic (exact) mass is 318 g/mol. The summed E-state index contributed by atoms with van der Waals surface area (Å²) in [6, 6.07) is 0. The van der Waals surface area contributed by atoms with Gasteiger partial charge < -0.3 is 10.2 Å². The van der Waals surface area contributed by atoms with Gasteiger partial charge in [-0.05, 0) is 18.1 Å². The van der Waals surface area contributed by atoms with Gasteiger partial charge in [0.1, 0.15) is 0 Å². The summed E-state index contributed by atoms with van der Waals surface area (Å²) in [6.45, 7) is 0.628. The van der Waals surface area contributed by atoms with E-state index < -0.39 is 0 Å². The predicted octanol–water partition coefficient (Wildman–Crippen LogP) is 0.305. The number of carbonyl (C=O) groups excluding carboxylic acids is 2. The average molecular weight is 319 g/mol. The number of unbranched alkanes of at least 4 members (excludes halogenated alkanes) is 2. The Morgan fingerprint density at radius 2 is 2.17 bits per heavy atom. The molecule has 0 unspecified atom stereocenters. The van der Waals surface area contributed by atoms with Gasteiger partial charge in [-0.1, -0.05) is 27.2 Å². The molecule has 1 heterocycles. The normalized spacial score (nSPS) is 10.1. The molecule has 0 aliphatic heterocycles. The zero-order valence-corrected chi connectivity index (χ0v) is 11.4. The number of carbonyl (C=O) groups is 2. The van der Waals surface area contributed by atoms with Gasteiger partial charge in [0, 0.05) is 13.0 Å². The molecule has 0 atom stereocenters. The van der Waals surface area contributed by atoms with Crippen LogP contribution < -0.4 is 10.2 Å². The minimum Gasteiger partial charge on any atom is -0.355 e. The lowest BCUT2D eigenvalue weighted by molar-refractivity contribution is -0.146. The first-order valence-electron chi connectivity index (χ1n) is 5.62. The number of hydrogen-bond donors (Lipinski definition) is 1. The fourth-order valence-electron chi connectivity index (χ4n) is 1.24. The summed E-state index contributed by atoms with van der Waals surface area (Å²) in [5.74, 6) is -0.370. The van der Waals surface area contributed by atoms with Gasteiger partial charge in [-0.3, -0.25) is 4.79 Å². The molecule has 18 heavy (non-hydrogen) atoms. The molecular weight excluding hydrogens is 304 g/mol. The molecule has 0 saturated heterocycles. The minimum atomic E-state index is -0.343. The van der Waals surface area contributed by atoms with Crippen molar-refractivity contribution >= 4 is 27.8 Å². The Balaban J connectivity index is 1.97. The average Bonchev–Trinajstić information content (AvgIpc) is 2.85. The molecule has 100 valence electrons. The van der Waals surface area contributed by atoms with Crippen LogP contribution in [0.1, 0.15) is 25.7 Å². The van der Waals surface area contributed by atoms with Crippen LogP contribution in [-0.4, -0.2) is 38.9 Å². The third kappa shape index (κ3) is 6.33. The molecule has 1 rings (SSSR count). The first kappa shape index (κ1) is 14.6. The van der Waals surface area contributed by atoms with E-state index in [9.17, 15) is 9.59 Å². The van der Waals surface area contributed by atoms with Gasteiger partial charge in [-0.15, -0.1) is 5.10 Å². The van der Waals surface area contributed by atoms with Crippen LogP contribution in [0, 0.1) is 0 Å². The predicted molar refractivity (Wildman–Crippen MR) is 66.9 cm³/mol. The van der Waals surface area contributed by atoms with Crippen molar-refractivity contribution in [3.63, 3.8) is 0 Å². The number of nitrogens with zero attached hydrogens (tertiary/aromatic N) is 3. The van der Waals surface area contributed by atoms with Crippen LogP contribution in [-0.2, 0) is 9.59 Å². The van der Waals surface area contributed by atoms with Crippen LogP contribution in [0.4, 0.5) is 0 Å². The van der Waals surface area contributed by atoms with E-state index in [2.05, 4.69) is 31.6 Å². The molecule has 0 bridgehead atoms. The van der Waals surface area contributed by atoms with Gasteiger partial charge in [0.15, 0.2) is 0 Å². The highest BCUT2D eigenvalue weighted by molar-refractivity contribution is 9.09. The third-order valence-electron chi connectivity index (χ3n) is 2.10. The summed E-state index contributed by atoms with van der Waals surface area (Å²) in [5.41, 5.74) is 0. The fraction of sp³-hybridized carbons (Fsp3) is 0.600. The maximum absolute atomic E-state index is 11.3. The summed E-state index contributed by atoms with van der Waals surface area (Å²) in [7, 11) is 0. The highest BCUT2D eigenvalue weighted by atomic mass is 79.9. The maximum Gasteiger partial charge on any atom is 0.335 e. The van der Waals surface area contributed by atoms with Crippen LogP contribution in [0.2, 0.25) is 0 Å². The second kappa shape index (κ2) is 8.62. The van der Waals surface area contributed by atoms with E-state index in [1.165, 1.54) is 12.4 Å². The largest absolute Gasteiger partial charge is 0.355 e. The van der Waals surface area contributed by atoms with E-state index in [0.717, 1.165) is 24.1 Å². The van der Waals surface area contributed by atoms with E-state index >= 15 is 0 Å². The lowest BCUT2D eigenvalue weighted by Gasteiger charge is -2.03. The Morgan fingerprint density at radius 3 is 2.83 bits per heavy atom. The quantitative estimate of drug-likeness (QED) is 0.423. The number of hydrogen-bond acceptors (Lipinski definition) is 5. The number of aromatic nitrogens is 3. The molecular formula is C10H15BrN4O3. The molecule has 0 aliphatic rings. The minimum absolute atomic E-state index is 0.0272. The van der Waals surface area contributed by atoms with Gasteiger partial charge in [0.05, 0.1) is 17.7 Å². The van der Waals surface area contributed by atoms with Crippen molar-refractivity contribution in [3.05, 3.63) is 12.4 Å². The first-order chi connectivity index (χ1) is 8.72. The zero-order valence-electron chi connectivity index (χ0n) is 9.84. The molecule has 1 aromatic heterocycles. The van der Waals surface area contributed by atoms with Crippen molar-refractivity contribution < 1.29 is 14.4 Å². The summed E-state index contributed by atoms with van der Waals surface area (Å²) < 4.78 is 0. The van der Waals surface area contributed by atoms with Crippen LogP contribution >= 0.6 is 15.9 Å². The number of nitrogens with one attached hydrogen (secondary N) is 1. The van der Waals surface area contributed by atoms with Gasteiger partial charge in [-0.2, -0.15) is 0 Å². The van der Waals surface area contributed by atoms with Gasteiger partial charge in [0.25, 0.3) is 0 Å². The van der Waals surface area contributed by atoms with Crippen LogP contribution in [0.15, 0.2) is 12.4 Å². The smallest absolute Gasteiger partial charge is 0.335 e. The van der Waals surface area contributed by atoms with E-state index in [1.54, 1.807) is 0 Å². The molecule has 0 saturated carbocycles. The summed E-state index contributed by atoms with van der Waals surface area (Å²) in [5, 5.41) is 10.1. The highest BCUT2D eigenvalue weighted by Crippen LogP contribution is 1.99. The second-order valence-corrected chi connectivity index (χ2v) is 4.12. The topological polar surface area (TPSA) is 86.1 Å². The maximum atomic E-state index is 11.3. The number of amides is 1. The van der Waals surface area contributed by atoms with Gasteiger partial charge in [0.2, 0.25) is 5.91 Å². The molecule has 8 heteroatoms. The SMILES string of the molecule is O=C(CBr)NCCCCCC(=O)On1ccnn1. The molecule has 1 amide bonds. The molecule has 0 radical (unpaired) electrons. The Morgan fingerprint density at radius 1 is 1.33 bits per heavy atom. The van der Waals surface area contributed by atoms with Crippen molar-refractivity contribution in [2.75, 3.05) is 11.9 Å². The van der Waals surface area contributed by atoms with Crippen LogP contribution in [0.5, 0.6) is 0 Å². The van der Waals surface area contributed by atoms with E-state index in [0.29, 0.717) is 18.3 Å². The highest BCUT2D eigenvalue weighted by Gasteiger charge is 2.04. The second-order valence-electron chi connectivity index (χ2n) is 3.56. The molecule has 1 N–H and O–H groups in total. The van der Waals surface area contributed by atoms with E-state index in [-0.39, 0.29) is 11.9 Å². The van der Waals surface area contributed by atoms with Crippen LogP contribution in [0.3, 0.4) is 0 Å². The van der Waals surface area contributed by atoms with Crippen LogP contribution in [0.25, 0.3) is 0 Å². The summed E-state index contributed by atoms with van der Waals surface area (Å²) >= 11 is 3.06. The number of rotatable bonds is 8. The molecule has 1 aromatic rings. The van der Waals surface area contributed by atoms with E-state index in [4.69, 9.17) is 4.84 Å². The lowest BCUT2D eigenvalue weighted by Crippen LogP contribution is -2.25. The van der Waals surface area contributed by atoms with E-state index in [1.807, 2.05) is 0 Å². The van der Waals surface area contributed by atoms with Gasteiger partial charge in [-0.25, -0.2) is 4.79 Å². The molecule has 0 spiro atoms. The Bertz CT molecular complexity index is 369. The molecule has 0 aliphatic carbocycles. The summed E-state index contributed by atoms with van der Waals surface area (Å²) in [4.78, 5) is 28.1. The van der Waals surface area contributed by atoms with Crippen molar-refractivity contribution in [1.82, 2.24) is 20.5 Å². The molecule has 7 nitrogen and oxygen atoms in total. The van der Waals surface area contributed by atoms with Crippen molar-refractivity contribution in [3.8, 4) is 0 Å². The fourth-order valence-corrected chi connectivity index (χ4v) is 1.44. The van der Waals surface area contributed by atoms with Gasteiger partial charge >= 0.3 is 5.97 Å². The Hall–Kier alpha value is -1.44. The molecule has 0 fully saturated rings. The Kier molecular flexibility index (Phi) is 7.00. The van der Waals surface area contributed by atoms with Crippen molar-refractivity contribution in [1.29, 1.82) is 0 Å². The zero-order chi connectivity index (χ0) is 13.2. The number of alkyl halides is 1. The summed E-state index contributed by atoms with van der Waals surface area (Å²) in [6.07, 6.45) is 5.63. The van der Waals surface area contributed by atoms with Crippen molar-refractivity contribution in [2.45, 2.75) is 25.7 Å². The third-order valence-corrected chi connectivity index (χ3v) is 2.61. The molecule has 0 aromatic carbocycles. The number of halogens is 1. The standard InChI is InChI=1S/C10H15BrN4O3/c11-8-9(16)12-5-3-1-2-4-10(17)18-15-7-6-13-14-15/h6-7H,1-5,8H2,(H,12,16). The Labute approximate surface area is 113 Å². The lowest BCUT2D eigenvalue weighted by atomic mass is 10.2. The first-order valence-corrected chi connectivity index (χ1v) is 6.74. The van der Waals surface area contributed by atoms with Crippen molar-refractivity contribution in [2.24, 2.45) is 0 Å².